The first-order chi connectivity index (χ1) is 11.2. The van der Waals surface area contributed by atoms with Crippen LogP contribution in [0, 0.1) is 0 Å². The zero-order valence-electron chi connectivity index (χ0n) is 14.1. The molecule has 0 spiro atoms. The van der Waals surface area contributed by atoms with Gasteiger partial charge in [-0.2, -0.15) is 0 Å². The average molecular weight is 318 g/mol. The lowest BCUT2D eigenvalue weighted by Crippen LogP contribution is -3.14. The van der Waals surface area contributed by atoms with E-state index in [4.69, 9.17) is 9.47 Å². The van der Waals surface area contributed by atoms with E-state index in [-0.39, 0.29) is 12.1 Å². The summed E-state index contributed by atoms with van der Waals surface area (Å²) in [4.78, 5) is 12.9. The van der Waals surface area contributed by atoms with Gasteiger partial charge in [0.1, 0.15) is 18.9 Å². The minimum atomic E-state index is -0.241. The molecule has 1 saturated heterocycles. The number of quaternary nitrogens is 1. The van der Waals surface area contributed by atoms with Gasteiger partial charge in [0.15, 0.2) is 6.10 Å². The van der Waals surface area contributed by atoms with Gasteiger partial charge in [0.05, 0.1) is 13.1 Å². The van der Waals surface area contributed by atoms with E-state index in [0.29, 0.717) is 6.61 Å². The fraction of sp³-hybridized carbons (Fsp3) is 0.526. The summed E-state index contributed by atoms with van der Waals surface area (Å²) in [7, 11) is 0. The molecule has 1 N–H and O–H groups in total. The molecule has 1 unspecified atom stereocenters. The maximum absolute atomic E-state index is 11.4. The molecule has 0 aromatic heterocycles. The average Bonchev–Trinajstić information content (AvgIpc) is 2.54. The Hall–Kier alpha value is -1.81. The Morgan fingerprint density at radius 3 is 2.74 bits per heavy atom. The molecular weight excluding hydrogens is 290 g/mol. The molecule has 1 aliphatic heterocycles. The number of para-hydroxylation sites is 1. The molecule has 1 heterocycles. The third kappa shape index (κ3) is 6.06. The standard InChI is InChI=1S/C19H27NO3/c1-3-9-17-10-5-6-11-19(17)22-15-18(23-16(2)21)14-20-12-7-4-8-13-20/h3,5-6,10-11,18H,1,4,7-9,12-15H2,2H3/p+1. The first kappa shape index (κ1) is 17.5. The van der Waals surface area contributed by atoms with Gasteiger partial charge < -0.3 is 14.4 Å². The Kier molecular flexibility index (Phi) is 7.14. The van der Waals surface area contributed by atoms with E-state index in [9.17, 15) is 4.79 Å². The van der Waals surface area contributed by atoms with E-state index in [1.807, 2.05) is 30.3 Å². The summed E-state index contributed by atoms with van der Waals surface area (Å²) >= 11 is 0. The van der Waals surface area contributed by atoms with Crippen molar-refractivity contribution in [1.29, 1.82) is 0 Å². The maximum atomic E-state index is 11.4. The van der Waals surface area contributed by atoms with Gasteiger partial charge in [0, 0.05) is 6.92 Å². The molecule has 0 saturated carbocycles. The smallest absolute Gasteiger partial charge is 0.303 e. The van der Waals surface area contributed by atoms with E-state index in [1.54, 1.807) is 0 Å². The largest absolute Gasteiger partial charge is 0.489 e. The van der Waals surface area contributed by atoms with E-state index in [0.717, 1.165) is 37.4 Å². The highest BCUT2D eigenvalue weighted by atomic mass is 16.6. The van der Waals surface area contributed by atoms with Gasteiger partial charge in [0.25, 0.3) is 0 Å². The third-order valence-electron chi connectivity index (χ3n) is 4.17. The Bertz CT molecular complexity index is 509. The number of likely N-dealkylation sites (tertiary alicyclic amines) is 1. The molecule has 4 heteroatoms. The van der Waals surface area contributed by atoms with E-state index >= 15 is 0 Å². The minimum absolute atomic E-state index is 0.197. The molecule has 23 heavy (non-hydrogen) atoms. The van der Waals surface area contributed by atoms with Crippen LogP contribution in [0.2, 0.25) is 0 Å². The van der Waals surface area contributed by atoms with Crippen LogP contribution in [0.1, 0.15) is 31.7 Å². The highest BCUT2D eigenvalue weighted by Crippen LogP contribution is 2.19. The molecule has 1 aromatic carbocycles. The van der Waals surface area contributed by atoms with Crippen molar-refractivity contribution < 1.29 is 19.2 Å². The summed E-state index contributed by atoms with van der Waals surface area (Å²) in [6, 6.07) is 7.94. The van der Waals surface area contributed by atoms with Crippen molar-refractivity contribution in [2.45, 2.75) is 38.7 Å². The van der Waals surface area contributed by atoms with Crippen LogP contribution in [-0.4, -0.2) is 38.3 Å². The summed E-state index contributed by atoms with van der Waals surface area (Å²) in [6.45, 7) is 8.78. The lowest BCUT2D eigenvalue weighted by molar-refractivity contribution is -0.907. The van der Waals surface area contributed by atoms with Crippen LogP contribution >= 0.6 is 0 Å². The second-order valence-electron chi connectivity index (χ2n) is 6.16. The number of ether oxygens (including phenoxy) is 2. The van der Waals surface area contributed by atoms with E-state index in [2.05, 4.69) is 6.58 Å². The van der Waals surface area contributed by atoms with Crippen molar-refractivity contribution in [3.63, 3.8) is 0 Å². The summed E-state index contributed by atoms with van der Waals surface area (Å²) < 4.78 is 11.4. The molecule has 0 bridgehead atoms. The number of benzene rings is 1. The van der Waals surface area contributed by atoms with Crippen molar-refractivity contribution in [2.75, 3.05) is 26.2 Å². The second kappa shape index (κ2) is 9.36. The van der Waals surface area contributed by atoms with Crippen LogP contribution in [0.4, 0.5) is 0 Å². The van der Waals surface area contributed by atoms with Crippen LogP contribution in [-0.2, 0) is 16.0 Å². The van der Waals surface area contributed by atoms with Crippen LogP contribution in [0.25, 0.3) is 0 Å². The van der Waals surface area contributed by atoms with Gasteiger partial charge in [0.2, 0.25) is 0 Å². The SMILES string of the molecule is C=CCc1ccccc1OCC(C[NH+]1CCCCC1)OC(C)=O. The molecule has 2 rings (SSSR count). The summed E-state index contributed by atoms with van der Waals surface area (Å²) in [5, 5.41) is 0. The lowest BCUT2D eigenvalue weighted by atomic mass is 10.1. The molecule has 4 nitrogen and oxygen atoms in total. The van der Waals surface area contributed by atoms with Gasteiger partial charge in [-0.1, -0.05) is 24.3 Å². The van der Waals surface area contributed by atoms with Crippen LogP contribution < -0.4 is 9.64 Å². The zero-order valence-corrected chi connectivity index (χ0v) is 14.1. The molecule has 1 fully saturated rings. The van der Waals surface area contributed by atoms with Gasteiger partial charge >= 0.3 is 5.97 Å². The lowest BCUT2D eigenvalue weighted by Gasteiger charge is -2.27. The predicted octanol–water partition coefficient (Wildman–Crippen LogP) is 1.79. The molecule has 0 radical (unpaired) electrons. The summed E-state index contributed by atoms with van der Waals surface area (Å²) in [6.07, 6.45) is 6.26. The van der Waals surface area contributed by atoms with Gasteiger partial charge in [-0.15, -0.1) is 6.58 Å². The second-order valence-corrected chi connectivity index (χ2v) is 6.16. The van der Waals surface area contributed by atoms with Gasteiger partial charge in [-0.3, -0.25) is 4.79 Å². The highest BCUT2D eigenvalue weighted by Gasteiger charge is 2.22. The van der Waals surface area contributed by atoms with Crippen molar-refractivity contribution in [3.8, 4) is 5.75 Å². The topological polar surface area (TPSA) is 40.0 Å². The third-order valence-corrected chi connectivity index (χ3v) is 4.17. The Morgan fingerprint density at radius 2 is 2.04 bits per heavy atom. The monoisotopic (exact) mass is 318 g/mol. The number of hydrogen-bond donors (Lipinski definition) is 1. The number of carbonyl (C=O) groups excluding carboxylic acids is 1. The predicted molar refractivity (Wildman–Crippen MR) is 90.8 cm³/mol. The number of allylic oxidation sites excluding steroid dienone is 1. The van der Waals surface area contributed by atoms with Gasteiger partial charge in [-0.05, 0) is 37.3 Å². The molecule has 0 aliphatic carbocycles. The maximum Gasteiger partial charge on any atom is 0.303 e. The first-order valence-corrected chi connectivity index (χ1v) is 8.51. The van der Waals surface area contributed by atoms with E-state index in [1.165, 1.54) is 31.1 Å². The quantitative estimate of drug-likeness (QED) is 0.587. The van der Waals surface area contributed by atoms with Crippen LogP contribution in [0.5, 0.6) is 5.75 Å². The summed E-state index contributed by atoms with van der Waals surface area (Å²) in [5.41, 5.74) is 1.11. The van der Waals surface area contributed by atoms with Crippen molar-refractivity contribution in [2.24, 2.45) is 0 Å². The van der Waals surface area contributed by atoms with Crippen molar-refractivity contribution >= 4 is 5.97 Å². The fourth-order valence-corrected chi connectivity index (χ4v) is 3.10. The molecular formula is C19H28NO3+. The molecule has 1 aliphatic rings. The van der Waals surface area contributed by atoms with Crippen molar-refractivity contribution in [1.82, 2.24) is 0 Å². The Morgan fingerprint density at radius 1 is 1.30 bits per heavy atom. The zero-order chi connectivity index (χ0) is 16.5. The normalized spacial score (nSPS) is 16.6. The number of hydrogen-bond acceptors (Lipinski definition) is 3. The van der Waals surface area contributed by atoms with Crippen LogP contribution in [0.3, 0.4) is 0 Å². The molecule has 1 aromatic rings. The number of piperidine rings is 1. The highest BCUT2D eigenvalue weighted by molar-refractivity contribution is 5.66. The Balaban J connectivity index is 1.94. The van der Waals surface area contributed by atoms with Gasteiger partial charge in [-0.25, -0.2) is 0 Å². The van der Waals surface area contributed by atoms with Crippen LogP contribution in [0.15, 0.2) is 36.9 Å². The van der Waals surface area contributed by atoms with Crippen molar-refractivity contribution in [3.05, 3.63) is 42.5 Å². The molecule has 1 atom stereocenters. The number of carbonyl (C=O) groups is 1. The number of esters is 1. The minimum Gasteiger partial charge on any atom is -0.489 e. The number of nitrogens with one attached hydrogen (secondary N) is 1. The summed E-state index contributed by atoms with van der Waals surface area (Å²) in [5.74, 6) is 0.604. The Labute approximate surface area is 139 Å². The van der Waals surface area contributed by atoms with E-state index < -0.39 is 0 Å². The molecule has 126 valence electrons. The first-order valence-electron chi connectivity index (χ1n) is 8.51. The number of rotatable bonds is 8. The fourth-order valence-electron chi connectivity index (χ4n) is 3.10. The molecule has 0 amide bonds.